The van der Waals surface area contributed by atoms with E-state index < -0.39 is 0 Å². The van der Waals surface area contributed by atoms with Gasteiger partial charge in [0.15, 0.2) is 0 Å². The summed E-state index contributed by atoms with van der Waals surface area (Å²) in [7, 11) is 0. The molecule has 1 atom stereocenters. The zero-order valence-electron chi connectivity index (χ0n) is 11.7. The first-order chi connectivity index (χ1) is 9.29. The molecular formula is C16H26N2O. The third-order valence-electron chi connectivity index (χ3n) is 6.16. The summed E-state index contributed by atoms with van der Waals surface area (Å²) in [5.41, 5.74) is 0. The fourth-order valence-electron chi connectivity index (χ4n) is 5.53. The number of carbonyl (C=O) groups excluding carboxylic acids is 1. The van der Waals surface area contributed by atoms with Crippen molar-refractivity contribution < 1.29 is 4.79 Å². The van der Waals surface area contributed by atoms with Gasteiger partial charge in [-0.15, -0.1) is 0 Å². The summed E-state index contributed by atoms with van der Waals surface area (Å²) in [5, 5.41) is 6.84. The number of hydrogen-bond donors (Lipinski definition) is 2. The molecule has 4 saturated carbocycles. The van der Waals surface area contributed by atoms with Crippen molar-refractivity contribution in [2.45, 2.75) is 63.5 Å². The molecule has 5 fully saturated rings. The smallest absolute Gasteiger partial charge is 0.237 e. The molecule has 1 saturated heterocycles. The van der Waals surface area contributed by atoms with Crippen LogP contribution in [-0.4, -0.2) is 24.5 Å². The van der Waals surface area contributed by atoms with E-state index in [1.807, 2.05) is 0 Å². The van der Waals surface area contributed by atoms with Crippen molar-refractivity contribution in [1.29, 1.82) is 0 Å². The second kappa shape index (κ2) is 4.76. The highest BCUT2D eigenvalue weighted by Gasteiger charge is 2.48. The second-order valence-electron chi connectivity index (χ2n) is 7.46. The summed E-state index contributed by atoms with van der Waals surface area (Å²) in [4.78, 5) is 12.1. The lowest BCUT2D eigenvalue weighted by atomic mass is 9.54. The molecule has 1 amide bonds. The van der Waals surface area contributed by atoms with Crippen LogP contribution in [0.2, 0.25) is 0 Å². The van der Waals surface area contributed by atoms with Crippen molar-refractivity contribution in [1.82, 2.24) is 10.6 Å². The van der Waals surface area contributed by atoms with Crippen LogP contribution in [0.3, 0.4) is 0 Å². The lowest BCUT2D eigenvalue weighted by molar-refractivity contribution is -0.124. The predicted octanol–water partition coefficient (Wildman–Crippen LogP) is 2.07. The summed E-state index contributed by atoms with van der Waals surface area (Å²) >= 11 is 0. The Morgan fingerprint density at radius 2 is 1.63 bits per heavy atom. The molecule has 4 aliphatic carbocycles. The fourth-order valence-corrected chi connectivity index (χ4v) is 5.53. The molecule has 3 heteroatoms. The minimum atomic E-state index is 0.0880. The van der Waals surface area contributed by atoms with Crippen molar-refractivity contribution in [3.8, 4) is 0 Å². The van der Waals surface area contributed by atoms with Gasteiger partial charge in [0.05, 0.1) is 6.04 Å². The van der Waals surface area contributed by atoms with Crippen LogP contribution in [0.4, 0.5) is 0 Å². The Kier molecular flexibility index (Phi) is 3.06. The Labute approximate surface area is 115 Å². The molecule has 1 unspecified atom stereocenters. The largest absolute Gasteiger partial charge is 0.355 e. The monoisotopic (exact) mass is 262 g/mol. The van der Waals surface area contributed by atoms with E-state index in [9.17, 15) is 4.79 Å². The van der Waals surface area contributed by atoms with Crippen molar-refractivity contribution in [3.63, 3.8) is 0 Å². The van der Waals surface area contributed by atoms with Gasteiger partial charge in [-0.1, -0.05) is 0 Å². The summed E-state index contributed by atoms with van der Waals surface area (Å²) in [6.07, 6.45) is 10.6. The zero-order chi connectivity index (χ0) is 12.8. The number of carbonyl (C=O) groups is 1. The van der Waals surface area contributed by atoms with E-state index in [0.29, 0.717) is 6.04 Å². The maximum Gasteiger partial charge on any atom is 0.237 e. The van der Waals surface area contributed by atoms with Crippen molar-refractivity contribution >= 4 is 5.91 Å². The minimum absolute atomic E-state index is 0.0880. The topological polar surface area (TPSA) is 41.1 Å². The Morgan fingerprint density at radius 3 is 2.32 bits per heavy atom. The number of rotatable bonds is 2. The van der Waals surface area contributed by atoms with Crippen LogP contribution < -0.4 is 10.6 Å². The molecule has 3 nitrogen and oxygen atoms in total. The first-order valence-corrected chi connectivity index (χ1v) is 8.33. The van der Waals surface area contributed by atoms with Gasteiger partial charge < -0.3 is 10.6 Å². The maximum absolute atomic E-state index is 12.1. The van der Waals surface area contributed by atoms with E-state index in [-0.39, 0.29) is 11.9 Å². The Morgan fingerprint density at radius 1 is 0.947 bits per heavy atom. The minimum Gasteiger partial charge on any atom is -0.355 e. The van der Waals surface area contributed by atoms with E-state index in [2.05, 4.69) is 10.6 Å². The molecular weight excluding hydrogens is 236 g/mol. The van der Waals surface area contributed by atoms with Crippen LogP contribution in [0, 0.1) is 23.7 Å². The highest BCUT2D eigenvalue weighted by Crippen LogP contribution is 2.53. The van der Waals surface area contributed by atoms with Crippen LogP contribution in [-0.2, 0) is 4.79 Å². The van der Waals surface area contributed by atoms with Crippen LogP contribution >= 0.6 is 0 Å². The lowest BCUT2D eigenvalue weighted by Crippen LogP contribution is -2.59. The molecule has 0 aromatic carbocycles. The van der Waals surface area contributed by atoms with E-state index in [1.165, 1.54) is 38.5 Å². The average Bonchev–Trinajstić information content (AvgIpc) is 2.58. The average molecular weight is 262 g/mol. The Balaban J connectivity index is 1.46. The van der Waals surface area contributed by atoms with E-state index in [1.54, 1.807) is 0 Å². The normalized spacial score (nSPS) is 48.9. The third kappa shape index (κ3) is 2.20. The fraction of sp³-hybridized carbons (Fsp3) is 0.938. The second-order valence-corrected chi connectivity index (χ2v) is 7.46. The molecule has 2 N–H and O–H groups in total. The Bertz CT molecular complexity index is 340. The molecule has 1 aliphatic heterocycles. The van der Waals surface area contributed by atoms with Gasteiger partial charge in [0.2, 0.25) is 5.91 Å². The van der Waals surface area contributed by atoms with Gasteiger partial charge in [-0.3, -0.25) is 4.79 Å². The first kappa shape index (κ1) is 12.2. The van der Waals surface area contributed by atoms with Crippen LogP contribution in [0.15, 0.2) is 0 Å². The molecule has 106 valence electrons. The highest BCUT2D eigenvalue weighted by atomic mass is 16.2. The van der Waals surface area contributed by atoms with E-state index in [0.717, 1.165) is 43.1 Å². The molecule has 0 aromatic rings. The van der Waals surface area contributed by atoms with E-state index in [4.69, 9.17) is 0 Å². The van der Waals surface area contributed by atoms with Gasteiger partial charge in [-0.25, -0.2) is 0 Å². The van der Waals surface area contributed by atoms with Crippen molar-refractivity contribution in [2.75, 3.05) is 6.54 Å². The molecule has 5 rings (SSSR count). The quantitative estimate of drug-likeness (QED) is 0.800. The predicted molar refractivity (Wildman–Crippen MR) is 74.6 cm³/mol. The molecule has 1 heterocycles. The third-order valence-corrected chi connectivity index (χ3v) is 6.16. The molecule has 0 spiro atoms. The van der Waals surface area contributed by atoms with Gasteiger partial charge >= 0.3 is 0 Å². The number of amides is 1. The van der Waals surface area contributed by atoms with Gasteiger partial charge in [0.25, 0.3) is 0 Å². The van der Waals surface area contributed by atoms with Gasteiger partial charge in [0.1, 0.15) is 0 Å². The summed E-state index contributed by atoms with van der Waals surface area (Å²) < 4.78 is 0. The van der Waals surface area contributed by atoms with Gasteiger partial charge in [-0.05, 0) is 75.0 Å². The molecule has 0 radical (unpaired) electrons. The van der Waals surface area contributed by atoms with E-state index >= 15 is 0 Å². The van der Waals surface area contributed by atoms with Crippen LogP contribution in [0.1, 0.15) is 51.4 Å². The summed E-state index contributed by atoms with van der Waals surface area (Å²) in [6, 6.07) is 0.728. The maximum atomic E-state index is 12.1. The van der Waals surface area contributed by atoms with Crippen molar-refractivity contribution in [3.05, 3.63) is 0 Å². The number of hydrogen-bond acceptors (Lipinski definition) is 2. The van der Waals surface area contributed by atoms with Crippen LogP contribution in [0.5, 0.6) is 0 Å². The standard InChI is InChI=1S/C16H26N2O/c19-16-14(3-1-2-4-17-16)18-15-12-6-10-5-11(8-12)9-13(15)7-10/h10-15,18H,1-9H2,(H,17,19). The highest BCUT2D eigenvalue weighted by molar-refractivity contribution is 5.81. The van der Waals surface area contributed by atoms with Crippen LogP contribution in [0.25, 0.3) is 0 Å². The zero-order valence-corrected chi connectivity index (χ0v) is 11.7. The molecule has 4 bridgehead atoms. The van der Waals surface area contributed by atoms with Gasteiger partial charge in [-0.2, -0.15) is 0 Å². The summed E-state index contributed by atoms with van der Waals surface area (Å²) in [6.45, 7) is 0.874. The van der Waals surface area contributed by atoms with Crippen molar-refractivity contribution in [2.24, 2.45) is 23.7 Å². The molecule has 19 heavy (non-hydrogen) atoms. The molecule has 5 aliphatic rings. The lowest BCUT2D eigenvalue weighted by Gasteiger charge is -2.55. The summed E-state index contributed by atoms with van der Waals surface area (Å²) in [5.74, 6) is 4.03. The number of nitrogens with one attached hydrogen (secondary N) is 2. The van der Waals surface area contributed by atoms with Gasteiger partial charge in [0, 0.05) is 12.6 Å². The molecule has 0 aromatic heterocycles. The SMILES string of the molecule is O=C1NCCCCC1NC1C2CC3CC(C2)CC1C3. The Hall–Kier alpha value is -0.570. The first-order valence-electron chi connectivity index (χ1n) is 8.33.